The number of thiophene rings is 1. The fraction of sp³-hybridized carbons (Fsp3) is 0.500. The highest BCUT2D eigenvalue weighted by atomic mass is 32.1. The highest BCUT2D eigenvalue weighted by molar-refractivity contribution is 7.11. The lowest BCUT2D eigenvalue weighted by Gasteiger charge is -2.24. The zero-order valence-corrected chi connectivity index (χ0v) is 15.3. The molecular formula is C16H26N6S. The fourth-order valence-electron chi connectivity index (χ4n) is 2.38. The lowest BCUT2D eigenvalue weighted by atomic mass is 10.1. The van der Waals surface area contributed by atoms with Crippen molar-refractivity contribution in [2.45, 2.75) is 19.5 Å². The Morgan fingerprint density at radius 3 is 2.70 bits per heavy atom. The van der Waals surface area contributed by atoms with Crippen LogP contribution in [0.1, 0.15) is 21.4 Å². The van der Waals surface area contributed by atoms with E-state index in [0.717, 1.165) is 19.0 Å². The number of aryl methyl sites for hydroxylation is 2. The van der Waals surface area contributed by atoms with Gasteiger partial charge in [-0.1, -0.05) is 0 Å². The third-order valence-corrected chi connectivity index (χ3v) is 4.65. The summed E-state index contributed by atoms with van der Waals surface area (Å²) < 4.78 is 1.83. The van der Waals surface area contributed by atoms with Crippen LogP contribution in [0.3, 0.4) is 0 Å². The first-order valence-electron chi connectivity index (χ1n) is 7.64. The third kappa shape index (κ3) is 5.07. The van der Waals surface area contributed by atoms with E-state index in [2.05, 4.69) is 65.0 Å². The van der Waals surface area contributed by atoms with E-state index >= 15 is 0 Å². The largest absolute Gasteiger partial charge is 0.354 e. The van der Waals surface area contributed by atoms with E-state index < -0.39 is 0 Å². The van der Waals surface area contributed by atoms with E-state index in [1.165, 1.54) is 15.3 Å². The minimum atomic E-state index is 0.242. The lowest BCUT2D eigenvalue weighted by molar-refractivity contribution is 0.298. The summed E-state index contributed by atoms with van der Waals surface area (Å²) in [5, 5.41) is 11.0. The Hall–Kier alpha value is -1.86. The average molecular weight is 334 g/mol. The molecule has 0 aromatic carbocycles. The van der Waals surface area contributed by atoms with Crippen LogP contribution in [0.15, 0.2) is 29.5 Å². The van der Waals surface area contributed by atoms with Crippen molar-refractivity contribution in [3.8, 4) is 0 Å². The van der Waals surface area contributed by atoms with Crippen molar-refractivity contribution in [1.82, 2.24) is 25.3 Å². The van der Waals surface area contributed by atoms with Crippen LogP contribution in [0.5, 0.6) is 0 Å². The predicted octanol–water partition coefficient (Wildman–Crippen LogP) is 1.76. The molecule has 0 bridgehead atoms. The number of aliphatic imine (C=N–C) groups is 1. The Labute approximate surface area is 142 Å². The van der Waals surface area contributed by atoms with Gasteiger partial charge in [0.05, 0.1) is 18.8 Å². The van der Waals surface area contributed by atoms with Gasteiger partial charge in [0.1, 0.15) is 0 Å². The lowest BCUT2D eigenvalue weighted by Crippen LogP contribution is -2.41. The summed E-state index contributed by atoms with van der Waals surface area (Å²) >= 11 is 1.80. The summed E-state index contributed by atoms with van der Waals surface area (Å²) in [6.45, 7) is 3.68. The van der Waals surface area contributed by atoms with E-state index in [-0.39, 0.29) is 6.04 Å². The molecule has 0 amide bonds. The molecule has 1 unspecified atom stereocenters. The van der Waals surface area contributed by atoms with Crippen molar-refractivity contribution in [2.24, 2.45) is 12.0 Å². The highest BCUT2D eigenvalue weighted by Crippen LogP contribution is 2.16. The number of hydrogen-bond acceptors (Lipinski definition) is 4. The second-order valence-corrected chi connectivity index (χ2v) is 7.12. The summed E-state index contributed by atoms with van der Waals surface area (Å²) in [6.07, 6.45) is 3.97. The molecule has 2 heterocycles. The molecular weight excluding hydrogens is 308 g/mol. The molecule has 0 aliphatic carbocycles. The predicted molar refractivity (Wildman–Crippen MR) is 96.9 cm³/mol. The standard InChI is InChI=1S/C16H26N6S/c1-12-6-7-14(23-12)9-18-16(17-2)19-10-15(21(3)4)13-8-20-22(5)11-13/h6-8,11,15H,9-10H2,1-5H3,(H2,17,18,19). The van der Waals surface area contributed by atoms with Gasteiger partial charge in [0.2, 0.25) is 0 Å². The molecule has 2 aromatic rings. The molecule has 2 rings (SSSR count). The number of nitrogens with zero attached hydrogens (tertiary/aromatic N) is 4. The van der Waals surface area contributed by atoms with Gasteiger partial charge in [0.15, 0.2) is 5.96 Å². The Balaban J connectivity index is 1.90. The van der Waals surface area contributed by atoms with Gasteiger partial charge >= 0.3 is 0 Å². The third-order valence-electron chi connectivity index (χ3n) is 3.65. The van der Waals surface area contributed by atoms with E-state index in [0.29, 0.717) is 0 Å². The second kappa shape index (κ2) is 8.12. The van der Waals surface area contributed by atoms with Gasteiger partial charge in [0.25, 0.3) is 0 Å². The van der Waals surface area contributed by atoms with Crippen molar-refractivity contribution >= 4 is 17.3 Å². The number of aromatic nitrogens is 2. The Morgan fingerprint density at radius 2 is 2.17 bits per heavy atom. The molecule has 0 aliphatic rings. The summed E-state index contributed by atoms with van der Waals surface area (Å²) in [5.41, 5.74) is 1.19. The molecule has 0 aliphatic heterocycles. The summed E-state index contributed by atoms with van der Waals surface area (Å²) in [7, 11) is 7.88. The summed E-state index contributed by atoms with van der Waals surface area (Å²) in [5.74, 6) is 0.812. The molecule has 23 heavy (non-hydrogen) atoms. The maximum Gasteiger partial charge on any atom is 0.191 e. The minimum absolute atomic E-state index is 0.242. The van der Waals surface area contributed by atoms with Gasteiger partial charge in [-0.05, 0) is 33.2 Å². The smallest absolute Gasteiger partial charge is 0.191 e. The van der Waals surface area contributed by atoms with Gasteiger partial charge in [-0.15, -0.1) is 11.3 Å². The number of guanidine groups is 1. The van der Waals surface area contributed by atoms with Crippen LogP contribution < -0.4 is 10.6 Å². The molecule has 0 radical (unpaired) electrons. The molecule has 0 saturated carbocycles. The molecule has 2 N–H and O–H groups in total. The molecule has 0 fully saturated rings. The number of hydrogen-bond donors (Lipinski definition) is 2. The zero-order chi connectivity index (χ0) is 16.8. The van der Waals surface area contributed by atoms with E-state index in [1.54, 1.807) is 18.4 Å². The Morgan fingerprint density at radius 1 is 1.39 bits per heavy atom. The van der Waals surface area contributed by atoms with Crippen molar-refractivity contribution in [3.63, 3.8) is 0 Å². The van der Waals surface area contributed by atoms with Crippen LogP contribution in [0.2, 0.25) is 0 Å². The quantitative estimate of drug-likeness (QED) is 0.624. The van der Waals surface area contributed by atoms with Crippen LogP contribution in [0.25, 0.3) is 0 Å². The van der Waals surface area contributed by atoms with Crippen molar-refractivity contribution in [1.29, 1.82) is 0 Å². The van der Waals surface area contributed by atoms with Crippen LogP contribution in [0, 0.1) is 6.92 Å². The molecule has 6 nitrogen and oxygen atoms in total. The van der Waals surface area contributed by atoms with Crippen LogP contribution in [0.4, 0.5) is 0 Å². The van der Waals surface area contributed by atoms with Crippen molar-refractivity contribution in [2.75, 3.05) is 27.7 Å². The van der Waals surface area contributed by atoms with Gasteiger partial charge in [-0.3, -0.25) is 9.67 Å². The first-order valence-corrected chi connectivity index (χ1v) is 8.46. The fourth-order valence-corrected chi connectivity index (χ4v) is 3.21. The summed E-state index contributed by atoms with van der Waals surface area (Å²) in [4.78, 5) is 9.12. The SMILES string of the molecule is CN=C(NCc1ccc(C)s1)NCC(c1cnn(C)c1)N(C)C. The first kappa shape index (κ1) is 17.5. The Kier molecular flexibility index (Phi) is 6.18. The number of likely N-dealkylation sites (N-methyl/N-ethyl adjacent to an activating group) is 1. The normalized spacial score (nSPS) is 13.4. The Bertz CT molecular complexity index is 643. The van der Waals surface area contributed by atoms with E-state index in [4.69, 9.17) is 0 Å². The van der Waals surface area contributed by atoms with E-state index in [9.17, 15) is 0 Å². The molecule has 1 atom stereocenters. The molecule has 7 heteroatoms. The molecule has 0 saturated heterocycles. The first-order chi connectivity index (χ1) is 11.0. The van der Waals surface area contributed by atoms with Crippen LogP contribution in [-0.2, 0) is 13.6 Å². The maximum atomic E-state index is 4.30. The van der Waals surface area contributed by atoms with Gasteiger partial charge in [-0.2, -0.15) is 5.10 Å². The van der Waals surface area contributed by atoms with E-state index in [1.807, 2.05) is 17.9 Å². The highest BCUT2D eigenvalue weighted by Gasteiger charge is 2.16. The van der Waals surface area contributed by atoms with Gasteiger partial charge in [-0.25, -0.2) is 0 Å². The second-order valence-electron chi connectivity index (χ2n) is 5.75. The molecule has 0 spiro atoms. The van der Waals surface area contributed by atoms with Crippen molar-refractivity contribution < 1.29 is 0 Å². The topological polar surface area (TPSA) is 57.5 Å². The van der Waals surface area contributed by atoms with Crippen LogP contribution >= 0.6 is 11.3 Å². The van der Waals surface area contributed by atoms with Gasteiger partial charge in [0, 0.05) is 42.2 Å². The van der Waals surface area contributed by atoms with Crippen LogP contribution in [-0.4, -0.2) is 48.3 Å². The van der Waals surface area contributed by atoms with Gasteiger partial charge < -0.3 is 15.5 Å². The number of rotatable bonds is 6. The summed E-state index contributed by atoms with van der Waals surface area (Å²) in [6, 6.07) is 4.53. The number of nitrogens with one attached hydrogen (secondary N) is 2. The van der Waals surface area contributed by atoms with Crippen molar-refractivity contribution in [3.05, 3.63) is 39.8 Å². The monoisotopic (exact) mass is 334 g/mol. The zero-order valence-electron chi connectivity index (χ0n) is 14.5. The minimum Gasteiger partial charge on any atom is -0.354 e. The molecule has 2 aromatic heterocycles. The maximum absolute atomic E-state index is 4.30. The average Bonchev–Trinajstić information content (AvgIpc) is 3.11. The molecule has 126 valence electrons.